The molecule has 0 bridgehead atoms. The molecule has 3 fully saturated rings. The maximum atomic E-state index is 12.4. The molecule has 2 heterocycles. The lowest BCUT2D eigenvalue weighted by Crippen LogP contribution is -2.58. The molecule has 9 heteroatoms. The third-order valence-electron chi connectivity index (χ3n) is 6.06. The molecule has 1 aliphatic carbocycles. The fourth-order valence-corrected chi connectivity index (χ4v) is 4.01. The van der Waals surface area contributed by atoms with Gasteiger partial charge in [-0.25, -0.2) is 4.79 Å². The van der Waals surface area contributed by atoms with E-state index in [4.69, 9.17) is 5.11 Å². The van der Waals surface area contributed by atoms with E-state index in [-0.39, 0.29) is 43.3 Å². The molecule has 26 heavy (non-hydrogen) atoms. The summed E-state index contributed by atoms with van der Waals surface area (Å²) < 4.78 is 0. The summed E-state index contributed by atoms with van der Waals surface area (Å²) in [5, 5.41) is 29.5. The van der Waals surface area contributed by atoms with Gasteiger partial charge in [0.25, 0.3) is 0 Å². The molecule has 3 atom stereocenters. The van der Waals surface area contributed by atoms with Gasteiger partial charge in [0.1, 0.15) is 6.04 Å². The minimum Gasteiger partial charge on any atom is -0.465 e. The summed E-state index contributed by atoms with van der Waals surface area (Å²) in [7, 11) is 0. The SMILES string of the molecule is C[C@H]1C(=O)N(CC(O)CC(=O)N2CCC3(CC3)[C@H](O)C2)CCN1C(=O)O. The number of rotatable bonds is 4. The molecule has 3 aliphatic rings. The predicted octanol–water partition coefficient (Wildman–Crippen LogP) is -0.678. The summed E-state index contributed by atoms with van der Waals surface area (Å²) >= 11 is 0. The highest BCUT2D eigenvalue weighted by atomic mass is 16.4. The zero-order chi connectivity index (χ0) is 19.1. The van der Waals surface area contributed by atoms with E-state index in [1.807, 2.05) is 0 Å². The monoisotopic (exact) mass is 369 g/mol. The zero-order valence-electron chi connectivity index (χ0n) is 15.0. The van der Waals surface area contributed by atoms with Crippen LogP contribution in [0.3, 0.4) is 0 Å². The first-order valence-corrected chi connectivity index (χ1v) is 9.16. The van der Waals surface area contributed by atoms with E-state index in [1.54, 1.807) is 4.90 Å². The van der Waals surface area contributed by atoms with E-state index >= 15 is 0 Å². The first-order chi connectivity index (χ1) is 12.2. The van der Waals surface area contributed by atoms with E-state index < -0.39 is 24.3 Å². The molecular weight excluding hydrogens is 342 g/mol. The van der Waals surface area contributed by atoms with Gasteiger partial charge in [0, 0.05) is 32.7 Å². The number of hydrogen-bond acceptors (Lipinski definition) is 5. The van der Waals surface area contributed by atoms with Crippen LogP contribution in [-0.2, 0) is 9.59 Å². The number of aliphatic hydroxyl groups is 2. The maximum absolute atomic E-state index is 12.4. The molecule has 2 saturated heterocycles. The summed E-state index contributed by atoms with van der Waals surface area (Å²) in [4.78, 5) is 39.8. The van der Waals surface area contributed by atoms with E-state index in [1.165, 1.54) is 11.8 Å². The van der Waals surface area contributed by atoms with Crippen LogP contribution >= 0.6 is 0 Å². The highest BCUT2D eigenvalue weighted by Gasteiger charge is 2.51. The van der Waals surface area contributed by atoms with Gasteiger partial charge in [-0.3, -0.25) is 14.5 Å². The molecule has 1 unspecified atom stereocenters. The minimum absolute atomic E-state index is 0.00268. The lowest BCUT2D eigenvalue weighted by molar-refractivity contribution is -0.144. The number of β-amino-alcohol motifs (C(OH)–C–C–N with tert-alkyl or cyclic N) is 2. The molecule has 0 radical (unpaired) electrons. The number of nitrogens with zero attached hydrogens (tertiary/aromatic N) is 3. The summed E-state index contributed by atoms with van der Waals surface area (Å²) in [6.07, 6.45) is 0.0678. The van der Waals surface area contributed by atoms with Gasteiger partial charge in [0.15, 0.2) is 0 Å². The van der Waals surface area contributed by atoms with Crippen molar-refractivity contribution >= 4 is 17.9 Å². The van der Waals surface area contributed by atoms with Crippen LogP contribution in [0.15, 0.2) is 0 Å². The Balaban J connectivity index is 1.48. The molecule has 0 aromatic heterocycles. The van der Waals surface area contributed by atoms with Gasteiger partial charge in [-0.15, -0.1) is 0 Å². The number of hydrogen-bond donors (Lipinski definition) is 3. The second kappa shape index (κ2) is 7.03. The summed E-state index contributed by atoms with van der Waals surface area (Å²) in [6, 6.07) is -0.795. The Morgan fingerprint density at radius 2 is 1.92 bits per heavy atom. The van der Waals surface area contributed by atoms with Gasteiger partial charge in [0.05, 0.1) is 18.6 Å². The minimum atomic E-state index is -1.14. The van der Waals surface area contributed by atoms with Gasteiger partial charge in [-0.1, -0.05) is 0 Å². The van der Waals surface area contributed by atoms with Crippen molar-refractivity contribution in [2.24, 2.45) is 5.41 Å². The van der Waals surface area contributed by atoms with Crippen molar-refractivity contribution in [1.82, 2.24) is 14.7 Å². The highest BCUT2D eigenvalue weighted by molar-refractivity contribution is 5.86. The van der Waals surface area contributed by atoms with E-state index in [2.05, 4.69) is 0 Å². The molecule has 1 saturated carbocycles. The van der Waals surface area contributed by atoms with Crippen molar-refractivity contribution in [3.63, 3.8) is 0 Å². The zero-order valence-corrected chi connectivity index (χ0v) is 15.0. The third kappa shape index (κ3) is 3.64. The highest BCUT2D eigenvalue weighted by Crippen LogP contribution is 2.53. The van der Waals surface area contributed by atoms with Crippen LogP contribution in [0.25, 0.3) is 0 Å². The number of carbonyl (C=O) groups is 3. The van der Waals surface area contributed by atoms with E-state index in [9.17, 15) is 24.6 Å². The molecule has 3 N–H and O–H groups in total. The number of piperazine rings is 1. The standard InChI is InChI=1S/C17H27N3O6/c1-11-15(24)19(6-7-20(11)16(25)26)9-12(21)8-14(23)18-5-4-17(2-3-17)13(22)10-18/h11-13,21-22H,2-10H2,1H3,(H,25,26)/t11-,12?,13+/m0/s1. The van der Waals surface area contributed by atoms with Crippen molar-refractivity contribution in [3.05, 3.63) is 0 Å². The van der Waals surface area contributed by atoms with Crippen LogP contribution in [0, 0.1) is 5.41 Å². The Morgan fingerprint density at radius 3 is 2.50 bits per heavy atom. The average Bonchev–Trinajstić information content (AvgIpc) is 3.35. The number of piperidine rings is 1. The first-order valence-electron chi connectivity index (χ1n) is 9.16. The Hall–Kier alpha value is -1.87. The average molecular weight is 369 g/mol. The van der Waals surface area contributed by atoms with Gasteiger partial charge in [0.2, 0.25) is 11.8 Å². The number of aliphatic hydroxyl groups excluding tert-OH is 2. The van der Waals surface area contributed by atoms with Gasteiger partial charge in [-0.2, -0.15) is 0 Å². The van der Waals surface area contributed by atoms with Crippen molar-refractivity contribution in [2.45, 2.75) is 50.9 Å². The Bertz CT molecular complexity index is 593. The Kier molecular flexibility index (Phi) is 5.12. The molecule has 9 nitrogen and oxygen atoms in total. The molecule has 146 valence electrons. The lowest BCUT2D eigenvalue weighted by Gasteiger charge is -2.39. The molecule has 0 aromatic rings. The van der Waals surface area contributed by atoms with Crippen LogP contribution in [0.2, 0.25) is 0 Å². The normalized spacial score (nSPS) is 29.0. The van der Waals surface area contributed by atoms with Crippen LogP contribution in [0.1, 0.15) is 32.6 Å². The van der Waals surface area contributed by atoms with Crippen LogP contribution in [0.4, 0.5) is 4.79 Å². The predicted molar refractivity (Wildman–Crippen MR) is 90.3 cm³/mol. The molecule has 2 aliphatic heterocycles. The Morgan fingerprint density at radius 1 is 1.23 bits per heavy atom. The second-order valence-corrected chi connectivity index (χ2v) is 7.76. The maximum Gasteiger partial charge on any atom is 0.408 e. The Labute approximate surface area is 152 Å². The van der Waals surface area contributed by atoms with Gasteiger partial charge >= 0.3 is 6.09 Å². The number of carboxylic acid groups (broad SMARTS) is 1. The van der Waals surface area contributed by atoms with Gasteiger partial charge < -0.3 is 25.1 Å². The number of carbonyl (C=O) groups excluding carboxylic acids is 2. The fourth-order valence-electron chi connectivity index (χ4n) is 4.01. The summed E-state index contributed by atoms with van der Waals surface area (Å²) in [6.45, 7) is 2.80. The van der Waals surface area contributed by atoms with Gasteiger partial charge in [-0.05, 0) is 31.6 Å². The van der Waals surface area contributed by atoms with Crippen LogP contribution in [-0.4, -0.2) is 98.9 Å². The van der Waals surface area contributed by atoms with Crippen molar-refractivity contribution in [1.29, 1.82) is 0 Å². The lowest BCUT2D eigenvalue weighted by atomic mass is 9.90. The summed E-state index contributed by atoms with van der Waals surface area (Å²) in [5.74, 6) is -0.592. The van der Waals surface area contributed by atoms with Crippen molar-refractivity contribution in [3.8, 4) is 0 Å². The van der Waals surface area contributed by atoms with Crippen LogP contribution in [0.5, 0.6) is 0 Å². The molecule has 1 spiro atoms. The molecule has 3 rings (SSSR count). The second-order valence-electron chi connectivity index (χ2n) is 7.76. The molecule has 3 amide bonds. The van der Waals surface area contributed by atoms with E-state index in [0.29, 0.717) is 13.1 Å². The number of amides is 3. The smallest absolute Gasteiger partial charge is 0.408 e. The first kappa shape index (κ1) is 18.9. The van der Waals surface area contributed by atoms with Crippen LogP contribution < -0.4 is 0 Å². The van der Waals surface area contributed by atoms with E-state index in [0.717, 1.165) is 24.2 Å². The third-order valence-corrected chi connectivity index (χ3v) is 6.06. The fraction of sp³-hybridized carbons (Fsp3) is 0.824. The topological polar surface area (TPSA) is 122 Å². The number of likely N-dealkylation sites (tertiary alicyclic amines) is 1. The molecular formula is C17H27N3O6. The van der Waals surface area contributed by atoms with Crippen molar-refractivity contribution < 1.29 is 29.7 Å². The summed E-state index contributed by atoms with van der Waals surface area (Å²) in [5.41, 5.74) is 0.0156. The molecule has 0 aromatic carbocycles. The quantitative estimate of drug-likeness (QED) is 0.604. The van der Waals surface area contributed by atoms with Crippen molar-refractivity contribution in [2.75, 3.05) is 32.7 Å². The largest absolute Gasteiger partial charge is 0.465 e.